The van der Waals surface area contributed by atoms with Crippen LogP contribution in [0.1, 0.15) is 73.6 Å². The number of carbonyl (C=O) groups is 4. The number of fused-ring (bicyclic) bond motifs is 3. The van der Waals surface area contributed by atoms with Crippen molar-refractivity contribution in [3.05, 3.63) is 212 Å². The molecule has 1 unspecified atom stereocenters. The number of hydrogen-bond acceptors (Lipinski definition) is 22. The maximum atomic E-state index is 14.8. The molecule has 5 aliphatic rings. The maximum absolute atomic E-state index is 14.8. The average Bonchev–Trinajstić information content (AvgIpc) is 1.49. The second-order valence-electron chi connectivity index (χ2n) is 24.1. The molecule has 1 amide bonds. The first-order valence-electron chi connectivity index (χ1n) is 32.6. The minimum absolute atomic E-state index is 0.00148. The summed E-state index contributed by atoms with van der Waals surface area (Å²) in [4.78, 5) is 60.6. The van der Waals surface area contributed by atoms with Crippen LogP contribution in [0.4, 0.5) is 4.79 Å². The van der Waals surface area contributed by atoms with Crippen LogP contribution in [0.15, 0.2) is 174 Å². The molecule has 11 rings (SSSR count). The Hall–Kier alpha value is -8.60. The van der Waals surface area contributed by atoms with E-state index >= 15 is 0 Å². The molecule has 6 aromatic rings. The van der Waals surface area contributed by atoms with Crippen molar-refractivity contribution in [2.45, 2.75) is 170 Å². The third kappa shape index (κ3) is 18.2. The summed E-state index contributed by atoms with van der Waals surface area (Å²) in [5, 5.41) is 12.6. The molecular formula is C71H79N7O20. The van der Waals surface area contributed by atoms with Crippen LogP contribution in [0.3, 0.4) is 0 Å². The van der Waals surface area contributed by atoms with Gasteiger partial charge in [-0.3, -0.25) is 9.59 Å². The van der Waals surface area contributed by atoms with Crippen LogP contribution >= 0.6 is 0 Å². The molecule has 5 aliphatic heterocycles. The van der Waals surface area contributed by atoms with Crippen molar-refractivity contribution >= 4 is 34.8 Å². The molecular weight excluding hydrogens is 1270 g/mol. The summed E-state index contributed by atoms with van der Waals surface area (Å²) in [6, 6.07) is 48.8. The molecule has 5 fully saturated rings. The fourth-order valence-electron chi connectivity index (χ4n) is 12.7. The van der Waals surface area contributed by atoms with Crippen LogP contribution in [0.2, 0.25) is 0 Å². The number of ether oxygens (including phenoxy) is 16. The van der Waals surface area contributed by atoms with Gasteiger partial charge in [-0.1, -0.05) is 174 Å². The fourth-order valence-corrected chi connectivity index (χ4v) is 12.7. The monoisotopic (exact) mass is 1350 g/mol. The summed E-state index contributed by atoms with van der Waals surface area (Å²) in [5.41, 5.74) is 23.1. The summed E-state index contributed by atoms with van der Waals surface area (Å²) in [6.07, 6.45) is -17.3. The Morgan fingerprint density at radius 3 is 1.89 bits per heavy atom. The number of nitrogens with one attached hydrogen (secondary N) is 1. The molecule has 0 saturated carbocycles. The van der Waals surface area contributed by atoms with E-state index in [-0.39, 0.29) is 46.2 Å². The molecule has 17 atom stereocenters. The number of carbonyl (C=O) groups excluding carboxylic acids is 4. The number of amides is 1. The first-order chi connectivity index (χ1) is 47.9. The number of esters is 3. The summed E-state index contributed by atoms with van der Waals surface area (Å²) < 4.78 is 105. The molecule has 5 saturated heterocycles. The highest BCUT2D eigenvalue weighted by atomic mass is 16.8. The topological polar surface area (TPSA) is 326 Å². The van der Waals surface area contributed by atoms with Crippen molar-refractivity contribution in [3.63, 3.8) is 0 Å². The molecule has 0 aliphatic carbocycles. The zero-order valence-electron chi connectivity index (χ0n) is 54.4. The van der Waals surface area contributed by atoms with E-state index in [4.69, 9.17) is 81.3 Å². The largest absolute Gasteiger partial charge is 0.465 e. The van der Waals surface area contributed by atoms with Crippen molar-refractivity contribution in [2.24, 2.45) is 10.2 Å². The molecule has 6 aromatic carbocycles. The molecule has 1 N–H and O–H groups in total. The van der Waals surface area contributed by atoms with Crippen molar-refractivity contribution in [2.75, 3.05) is 40.1 Å². The van der Waals surface area contributed by atoms with E-state index in [1.165, 1.54) is 0 Å². The van der Waals surface area contributed by atoms with Gasteiger partial charge in [0.05, 0.1) is 65.8 Å². The van der Waals surface area contributed by atoms with E-state index in [2.05, 4.69) is 25.4 Å². The molecule has 0 radical (unpaired) electrons. The molecule has 0 bridgehead atoms. The van der Waals surface area contributed by atoms with Crippen molar-refractivity contribution in [3.8, 4) is 0 Å². The van der Waals surface area contributed by atoms with Crippen molar-refractivity contribution in [1.29, 1.82) is 0 Å². The number of methoxy groups -OCH3 is 1. The number of unbranched alkanes of at least 4 members (excludes halogenated alkanes) is 2. The summed E-state index contributed by atoms with van der Waals surface area (Å²) >= 11 is 0. The number of alkyl carbamates (subject to hydrolysis) is 1. The highest BCUT2D eigenvalue weighted by molar-refractivity contribution is 5.83. The second-order valence-corrected chi connectivity index (χ2v) is 24.1. The number of benzene rings is 6. The first-order valence-corrected chi connectivity index (χ1v) is 32.6. The second kappa shape index (κ2) is 34.7. The first kappa shape index (κ1) is 70.7. The highest BCUT2D eigenvalue weighted by Gasteiger charge is 2.63. The predicted octanol–water partition coefficient (Wildman–Crippen LogP) is 10.3. The van der Waals surface area contributed by atoms with Crippen LogP contribution in [-0.2, 0) is 117 Å². The Kier molecular flexibility index (Phi) is 25.1. The lowest BCUT2D eigenvalue weighted by molar-refractivity contribution is -0.358. The fraction of sp³-hybridized carbons (Fsp3) is 0.465. The third-order valence-electron chi connectivity index (χ3n) is 17.3. The summed E-state index contributed by atoms with van der Waals surface area (Å²) in [7, 11) is 1.11. The number of hydrogen-bond donors (Lipinski definition) is 1. The lowest BCUT2D eigenvalue weighted by Crippen LogP contribution is -2.67. The maximum Gasteiger partial charge on any atom is 0.407 e. The Balaban J connectivity index is 0.979. The Morgan fingerprint density at radius 1 is 0.633 bits per heavy atom. The minimum Gasteiger partial charge on any atom is -0.465 e. The van der Waals surface area contributed by atoms with Gasteiger partial charge in [-0.15, -0.1) is 0 Å². The van der Waals surface area contributed by atoms with Crippen LogP contribution in [-0.4, -0.2) is 162 Å². The van der Waals surface area contributed by atoms with Crippen LogP contribution in [0.25, 0.3) is 31.7 Å². The van der Waals surface area contributed by atoms with Gasteiger partial charge in [0, 0.05) is 42.4 Å². The predicted molar refractivity (Wildman–Crippen MR) is 346 cm³/mol. The van der Waals surface area contributed by atoms with E-state index in [0.29, 0.717) is 31.4 Å². The average molecular weight is 1350 g/mol. The van der Waals surface area contributed by atoms with Crippen molar-refractivity contribution < 1.29 is 95.0 Å². The van der Waals surface area contributed by atoms with Crippen LogP contribution < -0.4 is 5.32 Å². The number of azide groups is 2. The molecule has 27 nitrogen and oxygen atoms in total. The summed E-state index contributed by atoms with van der Waals surface area (Å²) in [6.45, 7) is 1.92. The normalized spacial score (nSPS) is 27.7. The zero-order valence-corrected chi connectivity index (χ0v) is 54.4. The molecule has 518 valence electrons. The van der Waals surface area contributed by atoms with Crippen LogP contribution in [0, 0.1) is 0 Å². The third-order valence-corrected chi connectivity index (χ3v) is 17.3. The quantitative estimate of drug-likeness (QED) is 0.00999. The smallest absolute Gasteiger partial charge is 0.407 e. The van der Waals surface area contributed by atoms with Crippen LogP contribution in [0.5, 0.6) is 0 Å². The molecule has 5 heterocycles. The van der Waals surface area contributed by atoms with Gasteiger partial charge < -0.3 is 81.1 Å². The van der Waals surface area contributed by atoms with Gasteiger partial charge in [-0.25, -0.2) is 9.59 Å². The zero-order chi connectivity index (χ0) is 68.2. The number of nitrogens with zero attached hydrogens (tertiary/aromatic N) is 6. The Bertz CT molecular complexity index is 3670. The van der Waals surface area contributed by atoms with Crippen molar-refractivity contribution in [1.82, 2.24) is 5.32 Å². The minimum atomic E-state index is -2.51. The molecule has 0 spiro atoms. The van der Waals surface area contributed by atoms with E-state index in [1.807, 2.05) is 164 Å². The number of rotatable bonds is 33. The van der Waals surface area contributed by atoms with Gasteiger partial charge in [0.1, 0.15) is 61.0 Å². The Morgan fingerprint density at radius 2 is 1.24 bits per heavy atom. The molecule has 0 aromatic heterocycles. The lowest BCUT2D eigenvalue weighted by Gasteiger charge is -2.49. The SMILES string of the molecule is COC(=O)[C@@]1(OC[C@H]2O[C@@H](O[C@H]3[C@H](OCc4ccccc4)[C@@H](N=[N+]=[N-])[C@H](OCCCCCN=[N+]=[N-])O[C@@H]3COCc3ccccc3)[C@H](OCc3ccccc3)[C@H]3OC(c4ccc5ccccc5c4)O[C@H]32)C[C@@H]2OC(=O)N[C@H]2[C@H]([C@H](OC(C)=O)[C@@H](COCc2ccccc2)OC(C)=O)O1. The molecule has 27 heteroatoms. The van der Waals surface area contributed by atoms with E-state index in [1.54, 1.807) is 0 Å². The van der Waals surface area contributed by atoms with Gasteiger partial charge in [0.15, 0.2) is 31.1 Å². The van der Waals surface area contributed by atoms with Gasteiger partial charge in [-0.2, -0.15) is 0 Å². The van der Waals surface area contributed by atoms with Gasteiger partial charge >= 0.3 is 24.0 Å². The lowest BCUT2D eigenvalue weighted by atomic mass is 9.88. The van der Waals surface area contributed by atoms with Gasteiger partial charge in [0.25, 0.3) is 5.79 Å². The standard InChI is InChI=1S/C71H79N7O20/c1-44(79)90-54(41-84-37-46-21-9-4-10-22-46)60(91-45(2)80)63-57-53(94-70(82)75-57)36-71(98-63,69(81)83-3)89-43-56-61-64(97-66(95-61)52-32-31-50-29-17-18-30-51(50)35-52)65(88-40-49-27-15-7-16-28-49)68(93-56)96-59-55(42-85-38-47-23-11-5-12-24-47)92-67(86-34-20-8-19-33-74-77-72)58(76-78-73)62(59)87-39-48-25-13-6-14-26-48/h4-7,9-18,21-32,35,53-68H,8,19-20,33-34,36-43H2,1-3H3,(H,75,82)/t53-,54+,55+,56+,57+,58+,59+,60+,61-,62+,63+,64-,65+,66?,67+,68-,71+/m0/s1. The molecule has 98 heavy (non-hydrogen) atoms. The van der Waals surface area contributed by atoms with E-state index < -0.39 is 141 Å². The van der Waals surface area contributed by atoms with E-state index in [9.17, 15) is 24.7 Å². The van der Waals surface area contributed by atoms with Gasteiger partial charge in [0.2, 0.25) is 0 Å². The highest BCUT2D eigenvalue weighted by Crippen LogP contribution is 2.45. The summed E-state index contributed by atoms with van der Waals surface area (Å²) in [5.74, 6) is -5.22. The van der Waals surface area contributed by atoms with E-state index in [0.717, 1.165) is 54.0 Å². The Labute approximate surface area is 565 Å². The van der Waals surface area contributed by atoms with Gasteiger partial charge in [-0.05, 0) is 63.0 Å².